The quantitative estimate of drug-likeness (QED) is 0.531. The van der Waals surface area contributed by atoms with Crippen molar-refractivity contribution >= 4 is 11.7 Å². The maximum Gasteiger partial charge on any atom is 0.217 e. The normalized spacial score (nSPS) is 13.2. The number of amides is 1. The number of nitrogens with one attached hydrogen (secondary N) is 2. The minimum absolute atomic E-state index is 0.00669. The van der Waals surface area contributed by atoms with Gasteiger partial charge in [-0.25, -0.2) is 0 Å². The van der Waals surface area contributed by atoms with Crippen LogP contribution in [0.3, 0.4) is 0 Å². The van der Waals surface area contributed by atoms with E-state index in [0.717, 1.165) is 19.3 Å². The molecule has 0 heterocycles. The molecule has 4 N–H and O–H groups in total. The zero-order chi connectivity index (χ0) is 13.5. The van der Waals surface area contributed by atoms with Gasteiger partial charge in [0.05, 0.1) is 11.6 Å². The molecule has 0 aliphatic heterocycles. The molecule has 0 unspecified atom stereocenters. The monoisotopic (exact) mass is 243 g/mol. The number of hydrogen-bond acceptors (Lipinski definition) is 4. The molecule has 0 saturated carbocycles. The Morgan fingerprint density at radius 3 is 2.29 bits per heavy atom. The first-order chi connectivity index (χ1) is 7.85. The first-order valence-corrected chi connectivity index (χ1v) is 6.05. The Kier molecular flexibility index (Phi) is 6.99. The summed E-state index contributed by atoms with van der Waals surface area (Å²) >= 11 is 0. The molecule has 5 heteroatoms. The molecule has 0 aliphatic rings. The van der Waals surface area contributed by atoms with Gasteiger partial charge < -0.3 is 16.4 Å². The molecule has 0 bridgehead atoms. The Labute approximate surface area is 104 Å². The highest BCUT2D eigenvalue weighted by Gasteiger charge is 2.33. The van der Waals surface area contributed by atoms with E-state index in [4.69, 9.17) is 5.73 Å². The number of likely N-dealkylation sites (N-methyl/N-ethyl adjacent to an activating group) is 1. The number of ketones is 1. The second-order valence-corrected chi connectivity index (χ2v) is 4.80. The van der Waals surface area contributed by atoms with E-state index in [-0.39, 0.29) is 17.7 Å². The smallest absolute Gasteiger partial charge is 0.217 e. The van der Waals surface area contributed by atoms with Crippen LogP contribution >= 0.6 is 0 Å². The molecule has 5 nitrogen and oxygen atoms in total. The van der Waals surface area contributed by atoms with Crippen LogP contribution in [0.4, 0.5) is 0 Å². The van der Waals surface area contributed by atoms with Gasteiger partial charge in [0.2, 0.25) is 5.91 Å². The summed E-state index contributed by atoms with van der Waals surface area (Å²) in [5.74, 6) is -0.188. The molecular weight excluding hydrogens is 218 g/mol. The lowest BCUT2D eigenvalue weighted by Crippen LogP contribution is -2.55. The maximum absolute atomic E-state index is 12.2. The van der Waals surface area contributed by atoms with Crippen molar-refractivity contribution in [3.8, 4) is 0 Å². The molecule has 0 spiro atoms. The molecule has 100 valence electrons. The van der Waals surface area contributed by atoms with Gasteiger partial charge in [-0.05, 0) is 40.3 Å². The molecule has 1 atom stereocenters. The highest BCUT2D eigenvalue weighted by molar-refractivity contribution is 5.95. The summed E-state index contributed by atoms with van der Waals surface area (Å²) in [6.45, 7) is 5.51. The van der Waals surface area contributed by atoms with Crippen LogP contribution in [0.15, 0.2) is 0 Å². The van der Waals surface area contributed by atoms with E-state index < -0.39 is 5.54 Å². The number of nitrogens with two attached hydrogens (primary N) is 1. The van der Waals surface area contributed by atoms with Crippen LogP contribution in [0, 0.1) is 0 Å². The van der Waals surface area contributed by atoms with E-state index in [0.29, 0.717) is 6.54 Å². The summed E-state index contributed by atoms with van der Waals surface area (Å²) in [5, 5.41) is 5.67. The summed E-state index contributed by atoms with van der Waals surface area (Å²) < 4.78 is 0. The molecule has 0 radical (unpaired) electrons. The predicted octanol–water partition coefficient (Wildman–Crippen LogP) is 0.187. The first kappa shape index (κ1) is 16.1. The van der Waals surface area contributed by atoms with Crippen LogP contribution < -0.4 is 16.4 Å². The van der Waals surface area contributed by atoms with Crippen molar-refractivity contribution in [2.75, 3.05) is 13.6 Å². The number of carbonyl (C=O) groups excluding carboxylic acids is 2. The number of unbranched alkanes of at least 4 members (excludes halogenated alkanes) is 1. The Morgan fingerprint density at radius 1 is 1.29 bits per heavy atom. The highest BCUT2D eigenvalue weighted by Crippen LogP contribution is 2.11. The van der Waals surface area contributed by atoms with Crippen LogP contribution in [0.25, 0.3) is 0 Å². The van der Waals surface area contributed by atoms with Gasteiger partial charge in [-0.3, -0.25) is 9.59 Å². The zero-order valence-electron chi connectivity index (χ0n) is 11.3. The first-order valence-electron chi connectivity index (χ1n) is 6.05. The Morgan fingerprint density at radius 2 is 1.88 bits per heavy atom. The summed E-state index contributed by atoms with van der Waals surface area (Å²) in [6, 6.07) is -0.233. The third kappa shape index (κ3) is 5.79. The van der Waals surface area contributed by atoms with Gasteiger partial charge in [-0.2, -0.15) is 0 Å². The van der Waals surface area contributed by atoms with E-state index in [1.165, 1.54) is 6.92 Å². The zero-order valence-corrected chi connectivity index (χ0v) is 11.3. The molecular formula is C12H25N3O2. The molecule has 0 rings (SSSR count). The lowest BCUT2D eigenvalue weighted by atomic mass is 9.90. The van der Waals surface area contributed by atoms with Gasteiger partial charge >= 0.3 is 0 Å². The van der Waals surface area contributed by atoms with Crippen molar-refractivity contribution in [3.05, 3.63) is 0 Å². The van der Waals surface area contributed by atoms with Crippen LogP contribution in [-0.4, -0.2) is 36.9 Å². The van der Waals surface area contributed by atoms with Crippen LogP contribution in [-0.2, 0) is 9.59 Å². The number of carbonyl (C=O) groups is 2. The maximum atomic E-state index is 12.2. The van der Waals surface area contributed by atoms with Gasteiger partial charge in [0.25, 0.3) is 0 Å². The van der Waals surface area contributed by atoms with Crippen LogP contribution in [0.5, 0.6) is 0 Å². The molecule has 0 aromatic rings. The average molecular weight is 243 g/mol. The second kappa shape index (κ2) is 7.40. The summed E-state index contributed by atoms with van der Waals surface area (Å²) in [6.07, 6.45) is 2.56. The van der Waals surface area contributed by atoms with Crippen molar-refractivity contribution in [2.24, 2.45) is 5.73 Å². The van der Waals surface area contributed by atoms with Gasteiger partial charge in [0, 0.05) is 6.92 Å². The minimum atomic E-state index is -0.831. The number of rotatable bonds is 8. The Hall–Kier alpha value is -0.940. The molecule has 0 aliphatic carbocycles. The average Bonchev–Trinajstić information content (AvgIpc) is 2.22. The molecule has 0 aromatic heterocycles. The summed E-state index contributed by atoms with van der Waals surface area (Å²) in [5.41, 5.74) is 4.59. The minimum Gasteiger partial charge on any atom is -0.344 e. The third-order valence-corrected chi connectivity index (χ3v) is 2.72. The Bertz CT molecular complexity index is 264. The predicted molar refractivity (Wildman–Crippen MR) is 68.7 cm³/mol. The fraction of sp³-hybridized carbons (Fsp3) is 0.833. The van der Waals surface area contributed by atoms with E-state index in [1.54, 1.807) is 20.9 Å². The van der Waals surface area contributed by atoms with Gasteiger partial charge in [0.15, 0.2) is 5.78 Å². The van der Waals surface area contributed by atoms with Gasteiger partial charge in [0.1, 0.15) is 0 Å². The Balaban J connectivity index is 4.45. The molecule has 0 fully saturated rings. The van der Waals surface area contributed by atoms with E-state index in [1.807, 2.05) is 0 Å². The van der Waals surface area contributed by atoms with E-state index in [9.17, 15) is 9.59 Å². The number of Topliss-reactive ketones (excluding diaryl/α,β-unsaturated/α-hetero) is 1. The fourth-order valence-electron chi connectivity index (χ4n) is 1.84. The van der Waals surface area contributed by atoms with Crippen molar-refractivity contribution in [1.82, 2.24) is 10.6 Å². The lowest BCUT2D eigenvalue weighted by Gasteiger charge is -2.28. The standard InChI is InChI=1S/C12H25N3O2/c1-9(16)15-12(2,3)11(17)10(14-4)7-5-6-8-13/h10,14H,5-8,13H2,1-4H3,(H,15,16)/t10-/m0/s1. The summed E-state index contributed by atoms with van der Waals surface area (Å²) in [4.78, 5) is 23.3. The largest absolute Gasteiger partial charge is 0.344 e. The van der Waals surface area contributed by atoms with Crippen molar-refractivity contribution in [2.45, 2.75) is 51.6 Å². The fourth-order valence-corrected chi connectivity index (χ4v) is 1.84. The van der Waals surface area contributed by atoms with Gasteiger partial charge in [-0.1, -0.05) is 6.42 Å². The van der Waals surface area contributed by atoms with Crippen LogP contribution in [0.2, 0.25) is 0 Å². The SMILES string of the molecule is CN[C@@H](CCCCN)C(=O)C(C)(C)NC(C)=O. The van der Waals surface area contributed by atoms with Gasteiger partial charge in [-0.15, -0.1) is 0 Å². The van der Waals surface area contributed by atoms with Crippen LogP contribution in [0.1, 0.15) is 40.0 Å². The lowest BCUT2D eigenvalue weighted by molar-refractivity contribution is -0.131. The van der Waals surface area contributed by atoms with E-state index in [2.05, 4.69) is 10.6 Å². The molecule has 0 saturated heterocycles. The van der Waals surface area contributed by atoms with Crippen molar-refractivity contribution < 1.29 is 9.59 Å². The van der Waals surface area contributed by atoms with E-state index >= 15 is 0 Å². The highest BCUT2D eigenvalue weighted by atomic mass is 16.2. The topological polar surface area (TPSA) is 84.2 Å². The van der Waals surface area contributed by atoms with Crippen molar-refractivity contribution in [3.63, 3.8) is 0 Å². The second-order valence-electron chi connectivity index (χ2n) is 4.80. The molecule has 0 aromatic carbocycles. The van der Waals surface area contributed by atoms with Crippen molar-refractivity contribution in [1.29, 1.82) is 0 Å². The molecule has 17 heavy (non-hydrogen) atoms. The molecule has 1 amide bonds. The third-order valence-electron chi connectivity index (χ3n) is 2.72. The summed E-state index contributed by atoms with van der Waals surface area (Å²) in [7, 11) is 1.76. The number of hydrogen-bond donors (Lipinski definition) is 3.